The number of anilines is 1. The second-order valence-electron chi connectivity index (χ2n) is 7.10. The van der Waals surface area contributed by atoms with Crippen LogP contribution < -0.4 is 5.32 Å². The van der Waals surface area contributed by atoms with Crippen molar-refractivity contribution in [1.29, 1.82) is 0 Å². The second kappa shape index (κ2) is 9.47. The molecule has 0 radical (unpaired) electrons. The number of nitrogens with zero attached hydrogens (tertiary/aromatic N) is 5. The normalized spacial score (nSPS) is 14.5. The van der Waals surface area contributed by atoms with Crippen LogP contribution in [0.2, 0.25) is 10.0 Å². The third kappa shape index (κ3) is 5.04. The summed E-state index contributed by atoms with van der Waals surface area (Å²) >= 11 is 12.3. The Bertz CT molecular complexity index is 1090. The van der Waals surface area contributed by atoms with Gasteiger partial charge in [0.25, 0.3) is 5.91 Å². The van der Waals surface area contributed by atoms with E-state index in [0.717, 1.165) is 0 Å². The molecule has 1 N–H and O–H groups in total. The zero-order valence-electron chi connectivity index (χ0n) is 16.5. The molecule has 1 fully saturated rings. The van der Waals surface area contributed by atoms with Gasteiger partial charge in [-0.3, -0.25) is 14.5 Å². The van der Waals surface area contributed by atoms with Crippen LogP contribution >= 0.6 is 23.2 Å². The number of hydrogen-bond donors (Lipinski definition) is 1. The molecule has 3 aromatic rings. The molecule has 1 aromatic heterocycles. The molecule has 0 atom stereocenters. The topological polar surface area (TPSA) is 83.4 Å². The molecule has 1 saturated heterocycles. The highest BCUT2D eigenvalue weighted by molar-refractivity contribution is 6.33. The highest BCUT2D eigenvalue weighted by Gasteiger charge is 2.25. The Balaban J connectivity index is 1.31. The fourth-order valence-electron chi connectivity index (χ4n) is 3.34. The third-order valence-corrected chi connectivity index (χ3v) is 5.64. The van der Waals surface area contributed by atoms with E-state index < -0.39 is 0 Å². The molecule has 8 nitrogen and oxygen atoms in total. The average Bonchev–Trinajstić information content (AvgIpc) is 3.26. The number of amides is 2. The van der Waals surface area contributed by atoms with Gasteiger partial charge in [0.05, 0.1) is 34.2 Å². The van der Waals surface area contributed by atoms with Gasteiger partial charge in [-0.2, -0.15) is 0 Å². The number of carbonyl (C=O) groups excluding carboxylic acids is 2. The molecule has 0 bridgehead atoms. The number of hydrogen-bond acceptors (Lipinski definition) is 5. The van der Waals surface area contributed by atoms with Crippen LogP contribution in [-0.2, 0) is 4.79 Å². The zero-order valence-corrected chi connectivity index (χ0v) is 18.1. The Hall–Kier alpha value is -2.94. The van der Waals surface area contributed by atoms with Crippen molar-refractivity contribution in [2.45, 2.75) is 0 Å². The van der Waals surface area contributed by atoms with E-state index in [2.05, 4.69) is 15.6 Å². The minimum absolute atomic E-state index is 0.143. The highest BCUT2D eigenvalue weighted by Crippen LogP contribution is 2.21. The number of carbonyl (C=O) groups is 2. The fourth-order valence-corrected chi connectivity index (χ4v) is 3.75. The fraction of sp³-hybridized carbons (Fsp3) is 0.238. The molecule has 2 aromatic carbocycles. The lowest BCUT2D eigenvalue weighted by atomic mass is 10.2. The van der Waals surface area contributed by atoms with Crippen LogP contribution in [0, 0.1) is 0 Å². The Morgan fingerprint density at radius 3 is 2.32 bits per heavy atom. The Labute approximate surface area is 189 Å². The van der Waals surface area contributed by atoms with Gasteiger partial charge in [-0.25, -0.2) is 4.68 Å². The number of aromatic nitrogens is 3. The number of piperazine rings is 1. The minimum Gasteiger partial charge on any atom is -0.335 e. The molecule has 2 heterocycles. The van der Waals surface area contributed by atoms with Gasteiger partial charge >= 0.3 is 0 Å². The lowest BCUT2D eigenvalue weighted by molar-refractivity contribution is -0.117. The van der Waals surface area contributed by atoms with Crippen molar-refractivity contribution in [2.24, 2.45) is 0 Å². The van der Waals surface area contributed by atoms with Gasteiger partial charge in [-0.05, 0) is 24.3 Å². The van der Waals surface area contributed by atoms with Crippen LogP contribution in [0.25, 0.3) is 5.69 Å². The summed E-state index contributed by atoms with van der Waals surface area (Å²) in [6.07, 6.45) is 1.58. The molecule has 0 spiro atoms. The van der Waals surface area contributed by atoms with Crippen LogP contribution in [0.5, 0.6) is 0 Å². The summed E-state index contributed by atoms with van der Waals surface area (Å²) in [4.78, 5) is 28.8. The first-order chi connectivity index (χ1) is 15.0. The predicted molar refractivity (Wildman–Crippen MR) is 119 cm³/mol. The quantitative estimate of drug-likeness (QED) is 0.635. The lowest BCUT2D eigenvalue weighted by Crippen LogP contribution is -2.50. The maximum atomic E-state index is 12.8. The van der Waals surface area contributed by atoms with Gasteiger partial charge in [0.2, 0.25) is 5.91 Å². The number of para-hydroxylation sites is 2. The number of halogens is 2. The molecule has 1 aliphatic rings. The van der Waals surface area contributed by atoms with Crippen molar-refractivity contribution >= 4 is 40.7 Å². The van der Waals surface area contributed by atoms with Crippen LogP contribution in [-0.4, -0.2) is 69.3 Å². The van der Waals surface area contributed by atoms with Crippen molar-refractivity contribution in [3.8, 4) is 5.69 Å². The second-order valence-corrected chi connectivity index (χ2v) is 7.91. The summed E-state index contributed by atoms with van der Waals surface area (Å²) in [5, 5.41) is 11.9. The SMILES string of the molecule is O=C(CN1CCN(C(=O)c2cn(-c3ccccc3Cl)nn2)CC1)Nc1ccccc1Cl. The van der Waals surface area contributed by atoms with Crippen molar-refractivity contribution in [3.63, 3.8) is 0 Å². The monoisotopic (exact) mass is 458 g/mol. The minimum atomic E-state index is -0.196. The molecule has 2 amide bonds. The molecule has 1 aliphatic heterocycles. The average molecular weight is 459 g/mol. The molecule has 160 valence electrons. The van der Waals surface area contributed by atoms with Gasteiger partial charge in [0.15, 0.2) is 5.69 Å². The van der Waals surface area contributed by atoms with E-state index in [1.807, 2.05) is 23.1 Å². The van der Waals surface area contributed by atoms with Crippen molar-refractivity contribution in [3.05, 3.63) is 70.5 Å². The number of rotatable bonds is 5. The van der Waals surface area contributed by atoms with Crippen LogP contribution in [0.1, 0.15) is 10.5 Å². The first-order valence-electron chi connectivity index (χ1n) is 9.74. The summed E-state index contributed by atoms with van der Waals surface area (Å²) in [6, 6.07) is 14.3. The van der Waals surface area contributed by atoms with Gasteiger partial charge in [-0.1, -0.05) is 52.7 Å². The largest absolute Gasteiger partial charge is 0.335 e. The zero-order chi connectivity index (χ0) is 21.8. The van der Waals surface area contributed by atoms with E-state index in [1.54, 1.807) is 41.4 Å². The van der Waals surface area contributed by atoms with Crippen molar-refractivity contribution in [1.82, 2.24) is 24.8 Å². The molecule has 0 unspecified atom stereocenters. The van der Waals surface area contributed by atoms with Crippen LogP contribution in [0.4, 0.5) is 5.69 Å². The molecular weight excluding hydrogens is 439 g/mol. The number of nitrogens with one attached hydrogen (secondary N) is 1. The van der Waals surface area contributed by atoms with Crippen molar-refractivity contribution in [2.75, 3.05) is 38.0 Å². The summed E-state index contributed by atoms with van der Waals surface area (Å²) in [6.45, 7) is 2.39. The third-order valence-electron chi connectivity index (χ3n) is 4.99. The van der Waals surface area contributed by atoms with E-state index in [0.29, 0.717) is 47.6 Å². The molecule has 0 saturated carbocycles. The summed E-state index contributed by atoms with van der Waals surface area (Å²) in [5.41, 5.74) is 1.50. The van der Waals surface area contributed by atoms with E-state index in [9.17, 15) is 9.59 Å². The molecule has 10 heteroatoms. The molecule has 4 rings (SSSR count). The van der Waals surface area contributed by atoms with E-state index in [1.165, 1.54) is 4.68 Å². The summed E-state index contributed by atoms with van der Waals surface area (Å²) in [7, 11) is 0. The summed E-state index contributed by atoms with van der Waals surface area (Å²) in [5.74, 6) is -0.339. The van der Waals surface area contributed by atoms with Gasteiger partial charge in [0.1, 0.15) is 0 Å². The van der Waals surface area contributed by atoms with Gasteiger partial charge in [0, 0.05) is 26.2 Å². The maximum Gasteiger partial charge on any atom is 0.276 e. The van der Waals surface area contributed by atoms with E-state index in [4.69, 9.17) is 23.2 Å². The lowest BCUT2D eigenvalue weighted by Gasteiger charge is -2.33. The van der Waals surface area contributed by atoms with Crippen LogP contribution in [0.15, 0.2) is 54.7 Å². The smallest absolute Gasteiger partial charge is 0.276 e. The van der Waals surface area contributed by atoms with Gasteiger partial charge < -0.3 is 10.2 Å². The Morgan fingerprint density at radius 2 is 1.61 bits per heavy atom. The Kier molecular flexibility index (Phi) is 6.50. The molecular formula is C21H20Cl2N6O2. The summed E-state index contributed by atoms with van der Waals surface area (Å²) < 4.78 is 1.49. The van der Waals surface area contributed by atoms with Crippen LogP contribution in [0.3, 0.4) is 0 Å². The number of benzene rings is 2. The molecule has 31 heavy (non-hydrogen) atoms. The first kappa shape index (κ1) is 21.3. The van der Waals surface area contributed by atoms with Crippen molar-refractivity contribution < 1.29 is 9.59 Å². The Morgan fingerprint density at radius 1 is 0.935 bits per heavy atom. The van der Waals surface area contributed by atoms with Gasteiger partial charge in [-0.15, -0.1) is 5.10 Å². The van der Waals surface area contributed by atoms with E-state index in [-0.39, 0.29) is 24.1 Å². The standard InChI is InChI=1S/C21H20Cl2N6O2/c22-15-5-1-3-7-17(15)24-20(30)14-27-9-11-28(12-10-27)21(31)18-13-29(26-25-18)19-8-4-2-6-16(19)23/h1-8,13H,9-12,14H2,(H,24,30). The maximum absolute atomic E-state index is 12.8. The predicted octanol–water partition coefficient (Wildman–Crippen LogP) is 2.97. The van der Waals surface area contributed by atoms with E-state index >= 15 is 0 Å². The first-order valence-corrected chi connectivity index (χ1v) is 10.5. The molecule has 0 aliphatic carbocycles. The highest BCUT2D eigenvalue weighted by atomic mass is 35.5.